The maximum absolute atomic E-state index is 12.0. The van der Waals surface area contributed by atoms with Gasteiger partial charge in [-0.05, 0) is 37.1 Å². The minimum absolute atomic E-state index is 0. The summed E-state index contributed by atoms with van der Waals surface area (Å²) in [4.78, 5) is 12.0. The molecule has 118 valence electrons. The van der Waals surface area contributed by atoms with Crippen LogP contribution < -0.4 is 15.4 Å². The molecule has 1 aromatic rings. The summed E-state index contributed by atoms with van der Waals surface area (Å²) in [6, 6.07) is 5.35. The van der Waals surface area contributed by atoms with Gasteiger partial charge in [0, 0.05) is 12.2 Å². The van der Waals surface area contributed by atoms with Crippen molar-refractivity contribution in [1.82, 2.24) is 5.32 Å². The third kappa shape index (κ3) is 5.38. The van der Waals surface area contributed by atoms with E-state index in [2.05, 4.69) is 24.5 Å². The van der Waals surface area contributed by atoms with Gasteiger partial charge >= 0.3 is 0 Å². The van der Waals surface area contributed by atoms with E-state index in [4.69, 9.17) is 16.3 Å². The molecule has 1 aromatic carbocycles. The van der Waals surface area contributed by atoms with Crippen LogP contribution in [0.15, 0.2) is 18.2 Å². The molecule has 0 spiro atoms. The molecule has 1 atom stereocenters. The van der Waals surface area contributed by atoms with Crippen molar-refractivity contribution >= 4 is 35.6 Å². The molecule has 1 unspecified atom stereocenters. The number of benzene rings is 1. The van der Waals surface area contributed by atoms with Gasteiger partial charge in [0.25, 0.3) is 0 Å². The molecule has 0 aromatic heterocycles. The van der Waals surface area contributed by atoms with E-state index in [1.807, 2.05) is 6.07 Å². The molecule has 0 saturated carbocycles. The fourth-order valence-corrected chi connectivity index (χ4v) is 2.31. The normalized spacial score (nSPS) is 17.4. The molecule has 1 heterocycles. The Morgan fingerprint density at radius 1 is 1.52 bits per heavy atom. The number of hydrogen-bond donors (Lipinski definition) is 2. The van der Waals surface area contributed by atoms with Gasteiger partial charge in [-0.15, -0.1) is 12.4 Å². The molecular formula is C15H22Cl2N2O2. The zero-order valence-corrected chi connectivity index (χ0v) is 13.9. The fraction of sp³-hybridized carbons (Fsp3) is 0.533. The molecule has 0 radical (unpaired) electrons. The highest BCUT2D eigenvalue weighted by atomic mass is 35.5. The Bertz CT molecular complexity index is 475. The van der Waals surface area contributed by atoms with E-state index in [9.17, 15) is 4.79 Å². The molecule has 2 N–H and O–H groups in total. The molecule has 1 saturated heterocycles. The Labute approximate surface area is 137 Å². The molecule has 2 rings (SSSR count). The first-order valence-corrected chi connectivity index (χ1v) is 7.38. The van der Waals surface area contributed by atoms with Crippen molar-refractivity contribution in [2.75, 3.05) is 25.0 Å². The van der Waals surface area contributed by atoms with E-state index in [1.54, 1.807) is 12.1 Å². The number of rotatable bonds is 5. The zero-order chi connectivity index (χ0) is 14.5. The van der Waals surface area contributed by atoms with Crippen LogP contribution in [0, 0.1) is 11.8 Å². The largest absolute Gasteiger partial charge is 0.492 e. The first-order chi connectivity index (χ1) is 9.56. The highest BCUT2D eigenvalue weighted by molar-refractivity contribution is 6.32. The van der Waals surface area contributed by atoms with Gasteiger partial charge in [-0.3, -0.25) is 4.79 Å². The van der Waals surface area contributed by atoms with Gasteiger partial charge in [-0.25, -0.2) is 0 Å². The van der Waals surface area contributed by atoms with Crippen LogP contribution in [-0.2, 0) is 4.79 Å². The zero-order valence-electron chi connectivity index (χ0n) is 12.3. The van der Waals surface area contributed by atoms with Gasteiger partial charge < -0.3 is 15.4 Å². The minimum atomic E-state index is 0. The van der Waals surface area contributed by atoms with Crippen LogP contribution in [-0.4, -0.2) is 25.6 Å². The van der Waals surface area contributed by atoms with Crippen LogP contribution in [0.3, 0.4) is 0 Å². The molecule has 1 fully saturated rings. The highest BCUT2D eigenvalue weighted by Gasteiger charge is 2.22. The Morgan fingerprint density at radius 3 is 2.86 bits per heavy atom. The van der Waals surface area contributed by atoms with Crippen molar-refractivity contribution in [3.8, 4) is 5.75 Å². The standard InChI is InChI=1S/C15H21ClN2O2.ClH/c1-10(2)9-20-14-4-3-12(7-13(14)16)18-15(19)11-5-6-17-8-11;/h3-4,7,10-11,17H,5-6,8-9H2,1-2H3,(H,18,19);1H. The van der Waals surface area contributed by atoms with Crippen LogP contribution in [0.25, 0.3) is 0 Å². The quantitative estimate of drug-likeness (QED) is 0.869. The second-order valence-electron chi connectivity index (χ2n) is 5.53. The lowest BCUT2D eigenvalue weighted by Gasteiger charge is -2.13. The smallest absolute Gasteiger partial charge is 0.228 e. The molecule has 0 bridgehead atoms. The van der Waals surface area contributed by atoms with E-state index >= 15 is 0 Å². The van der Waals surface area contributed by atoms with Crippen molar-refractivity contribution in [1.29, 1.82) is 0 Å². The second-order valence-corrected chi connectivity index (χ2v) is 5.94. The summed E-state index contributed by atoms with van der Waals surface area (Å²) in [7, 11) is 0. The molecule has 1 aliphatic rings. The number of nitrogens with one attached hydrogen (secondary N) is 2. The summed E-state index contributed by atoms with van der Waals surface area (Å²) in [5.74, 6) is 1.19. The van der Waals surface area contributed by atoms with E-state index in [-0.39, 0.29) is 24.2 Å². The van der Waals surface area contributed by atoms with Crippen LogP contribution in [0.5, 0.6) is 5.75 Å². The van der Waals surface area contributed by atoms with Crippen molar-refractivity contribution in [2.24, 2.45) is 11.8 Å². The lowest BCUT2D eigenvalue weighted by molar-refractivity contribution is -0.119. The van der Waals surface area contributed by atoms with Gasteiger partial charge in [0.1, 0.15) is 5.75 Å². The summed E-state index contributed by atoms with van der Waals surface area (Å²) >= 11 is 6.17. The van der Waals surface area contributed by atoms with Gasteiger partial charge in [-0.1, -0.05) is 25.4 Å². The predicted molar refractivity (Wildman–Crippen MR) is 88.6 cm³/mol. The number of amides is 1. The summed E-state index contributed by atoms with van der Waals surface area (Å²) in [6.07, 6.45) is 0.884. The van der Waals surface area contributed by atoms with Crippen molar-refractivity contribution in [3.63, 3.8) is 0 Å². The van der Waals surface area contributed by atoms with Crippen LogP contribution in [0.2, 0.25) is 5.02 Å². The molecule has 21 heavy (non-hydrogen) atoms. The van der Waals surface area contributed by atoms with Crippen molar-refractivity contribution < 1.29 is 9.53 Å². The Kier molecular flexibility index (Phi) is 7.29. The number of carbonyl (C=O) groups excluding carboxylic acids is 1. The average Bonchev–Trinajstić information content (AvgIpc) is 2.91. The van der Waals surface area contributed by atoms with Crippen molar-refractivity contribution in [2.45, 2.75) is 20.3 Å². The molecule has 0 aliphatic carbocycles. The van der Waals surface area contributed by atoms with Gasteiger partial charge in [-0.2, -0.15) is 0 Å². The van der Waals surface area contributed by atoms with E-state index in [1.165, 1.54) is 0 Å². The van der Waals surface area contributed by atoms with Gasteiger partial charge in [0.15, 0.2) is 0 Å². The van der Waals surface area contributed by atoms with E-state index < -0.39 is 0 Å². The molecule has 1 aliphatic heterocycles. The molecule has 6 heteroatoms. The fourth-order valence-electron chi connectivity index (χ4n) is 2.07. The Morgan fingerprint density at radius 2 is 2.29 bits per heavy atom. The number of ether oxygens (including phenoxy) is 1. The maximum Gasteiger partial charge on any atom is 0.228 e. The summed E-state index contributed by atoms with van der Waals surface area (Å²) in [5, 5.41) is 6.60. The second kappa shape index (κ2) is 8.47. The minimum Gasteiger partial charge on any atom is -0.492 e. The van der Waals surface area contributed by atoms with Gasteiger partial charge in [0.2, 0.25) is 5.91 Å². The summed E-state index contributed by atoms with van der Waals surface area (Å²) < 4.78 is 5.60. The number of anilines is 1. The molecule has 4 nitrogen and oxygen atoms in total. The lowest BCUT2D eigenvalue weighted by atomic mass is 10.1. The number of halogens is 2. The first-order valence-electron chi connectivity index (χ1n) is 7.00. The van der Waals surface area contributed by atoms with Gasteiger partial charge in [0.05, 0.1) is 17.5 Å². The third-order valence-electron chi connectivity index (χ3n) is 3.20. The maximum atomic E-state index is 12.0. The number of carbonyl (C=O) groups is 1. The van der Waals surface area contributed by atoms with E-state index in [0.717, 1.165) is 19.5 Å². The lowest BCUT2D eigenvalue weighted by Crippen LogP contribution is -2.24. The Hall–Kier alpha value is -0.970. The van der Waals surface area contributed by atoms with Crippen LogP contribution in [0.1, 0.15) is 20.3 Å². The van der Waals surface area contributed by atoms with E-state index in [0.29, 0.717) is 29.0 Å². The Balaban J connectivity index is 0.00000220. The summed E-state index contributed by atoms with van der Waals surface area (Å²) in [5.41, 5.74) is 0.712. The number of hydrogen-bond acceptors (Lipinski definition) is 3. The molecule has 1 amide bonds. The third-order valence-corrected chi connectivity index (χ3v) is 3.50. The van der Waals surface area contributed by atoms with Crippen molar-refractivity contribution in [3.05, 3.63) is 23.2 Å². The molecular weight excluding hydrogens is 311 g/mol. The summed E-state index contributed by atoms with van der Waals surface area (Å²) in [6.45, 7) is 6.44. The SMILES string of the molecule is CC(C)COc1ccc(NC(=O)C2CCNC2)cc1Cl.Cl. The average molecular weight is 333 g/mol. The van der Waals surface area contributed by atoms with Crippen LogP contribution >= 0.6 is 24.0 Å². The monoisotopic (exact) mass is 332 g/mol. The first kappa shape index (κ1) is 18.1. The van der Waals surface area contributed by atoms with Crippen LogP contribution in [0.4, 0.5) is 5.69 Å². The highest BCUT2D eigenvalue weighted by Crippen LogP contribution is 2.28. The topological polar surface area (TPSA) is 50.4 Å². The predicted octanol–water partition coefficient (Wildman–Crippen LogP) is 3.34.